The van der Waals surface area contributed by atoms with E-state index in [-0.39, 0.29) is 17.3 Å². The lowest BCUT2D eigenvalue weighted by Gasteiger charge is -2.14. The van der Waals surface area contributed by atoms with Crippen molar-refractivity contribution >= 4 is 28.9 Å². The minimum absolute atomic E-state index is 0.116. The van der Waals surface area contributed by atoms with Gasteiger partial charge in [-0.2, -0.15) is 0 Å². The molecule has 1 fully saturated rings. The molecule has 1 aliphatic rings. The highest BCUT2D eigenvalue weighted by Crippen LogP contribution is 2.31. The molecule has 0 heterocycles. The Kier molecular flexibility index (Phi) is 5.71. The molecule has 2 aromatic carbocycles. The number of hydrogen-bond donors (Lipinski definition) is 2. The molecule has 2 aromatic rings. The van der Waals surface area contributed by atoms with Crippen LogP contribution in [0, 0.1) is 21.7 Å². The van der Waals surface area contributed by atoms with Crippen LogP contribution in [0.2, 0.25) is 0 Å². The predicted octanol–water partition coefficient (Wildman–Crippen LogP) is 3.63. The van der Waals surface area contributed by atoms with Crippen molar-refractivity contribution in [3.63, 3.8) is 0 Å². The number of carbonyl (C=O) groups is 2. The molecule has 0 aromatic heterocycles. The van der Waals surface area contributed by atoms with E-state index in [0.29, 0.717) is 5.69 Å². The van der Waals surface area contributed by atoms with E-state index in [2.05, 4.69) is 10.6 Å². The first kappa shape index (κ1) is 20.2. The van der Waals surface area contributed by atoms with Gasteiger partial charge >= 0.3 is 5.97 Å². The van der Waals surface area contributed by atoms with Gasteiger partial charge in [-0.3, -0.25) is 14.9 Å². The number of halogens is 2. The highest BCUT2D eigenvalue weighted by molar-refractivity contribution is 5.98. The van der Waals surface area contributed by atoms with Gasteiger partial charge in [-0.25, -0.2) is 13.6 Å². The molecule has 1 saturated carbocycles. The molecule has 1 aliphatic carbocycles. The van der Waals surface area contributed by atoms with Crippen LogP contribution >= 0.6 is 0 Å². The summed E-state index contributed by atoms with van der Waals surface area (Å²) >= 11 is 0. The molecule has 0 unspecified atom stereocenters. The zero-order valence-corrected chi connectivity index (χ0v) is 15.3. The number of carbonyl (C=O) groups excluding carboxylic acids is 2. The highest BCUT2D eigenvalue weighted by atomic mass is 19.1. The van der Waals surface area contributed by atoms with Gasteiger partial charge in [-0.1, -0.05) is 0 Å². The van der Waals surface area contributed by atoms with E-state index in [9.17, 15) is 28.5 Å². The minimum Gasteiger partial charge on any atom is -0.449 e. The van der Waals surface area contributed by atoms with Crippen molar-refractivity contribution in [2.24, 2.45) is 0 Å². The molecule has 10 heteroatoms. The monoisotopic (exact) mass is 405 g/mol. The van der Waals surface area contributed by atoms with Gasteiger partial charge in [0, 0.05) is 18.2 Å². The van der Waals surface area contributed by atoms with Gasteiger partial charge in [0.2, 0.25) is 0 Å². The molecule has 8 nitrogen and oxygen atoms in total. The number of nitro groups is 1. The van der Waals surface area contributed by atoms with Crippen molar-refractivity contribution in [3.8, 4) is 0 Å². The smallest absolute Gasteiger partial charge is 0.339 e. The first-order valence-electron chi connectivity index (χ1n) is 8.76. The van der Waals surface area contributed by atoms with Gasteiger partial charge in [0.15, 0.2) is 6.10 Å². The van der Waals surface area contributed by atoms with E-state index in [1.807, 2.05) is 0 Å². The van der Waals surface area contributed by atoms with Crippen LogP contribution in [0.5, 0.6) is 0 Å². The molecule has 0 aliphatic heterocycles. The Hall–Kier alpha value is -3.56. The van der Waals surface area contributed by atoms with Crippen LogP contribution in [0.3, 0.4) is 0 Å². The summed E-state index contributed by atoms with van der Waals surface area (Å²) in [6.07, 6.45) is 0.479. The predicted molar refractivity (Wildman–Crippen MR) is 99.6 cm³/mol. The Morgan fingerprint density at radius 1 is 1.17 bits per heavy atom. The number of ether oxygens (including phenoxy) is 1. The van der Waals surface area contributed by atoms with Crippen molar-refractivity contribution < 1.29 is 28.0 Å². The second-order valence-corrected chi connectivity index (χ2v) is 6.57. The Morgan fingerprint density at radius 2 is 1.90 bits per heavy atom. The summed E-state index contributed by atoms with van der Waals surface area (Å²) in [4.78, 5) is 35.0. The molecule has 0 bridgehead atoms. The molecule has 1 amide bonds. The number of nitro benzene ring substituents is 1. The second-order valence-electron chi connectivity index (χ2n) is 6.57. The van der Waals surface area contributed by atoms with Gasteiger partial charge in [0.25, 0.3) is 11.6 Å². The summed E-state index contributed by atoms with van der Waals surface area (Å²) < 4.78 is 31.8. The Bertz CT molecular complexity index is 978. The number of anilines is 2. The zero-order chi connectivity index (χ0) is 21.1. The fourth-order valence-electron chi connectivity index (χ4n) is 2.49. The largest absolute Gasteiger partial charge is 0.449 e. The number of benzene rings is 2. The van der Waals surface area contributed by atoms with Crippen molar-refractivity contribution in [1.29, 1.82) is 0 Å². The maximum Gasteiger partial charge on any atom is 0.339 e. The molecule has 152 valence electrons. The maximum absolute atomic E-state index is 13.6. The zero-order valence-electron chi connectivity index (χ0n) is 15.3. The lowest BCUT2D eigenvalue weighted by atomic mass is 10.1. The Balaban J connectivity index is 1.68. The number of hydrogen-bond acceptors (Lipinski definition) is 6. The normalized spacial score (nSPS) is 14.0. The third-order valence-corrected chi connectivity index (χ3v) is 4.21. The summed E-state index contributed by atoms with van der Waals surface area (Å²) in [5.41, 5.74) is -0.509. The van der Waals surface area contributed by atoms with Crippen LogP contribution in [-0.2, 0) is 9.53 Å². The van der Waals surface area contributed by atoms with E-state index in [1.165, 1.54) is 19.1 Å². The topological polar surface area (TPSA) is 111 Å². The molecular formula is C19H17F2N3O5. The van der Waals surface area contributed by atoms with Crippen LogP contribution in [0.1, 0.15) is 30.1 Å². The van der Waals surface area contributed by atoms with Crippen LogP contribution < -0.4 is 10.6 Å². The van der Waals surface area contributed by atoms with Gasteiger partial charge in [0.1, 0.15) is 17.3 Å². The number of nitrogens with zero attached hydrogens (tertiary/aromatic N) is 1. The summed E-state index contributed by atoms with van der Waals surface area (Å²) in [5, 5.41) is 16.4. The fourth-order valence-corrected chi connectivity index (χ4v) is 2.49. The molecule has 0 radical (unpaired) electrons. The SMILES string of the molecule is C[C@@H](OC(=O)c1ccc(NC2CC2)c([N+](=O)[O-])c1)C(=O)Nc1cc(F)ccc1F. The average molecular weight is 405 g/mol. The van der Waals surface area contributed by atoms with Crippen molar-refractivity contribution in [2.75, 3.05) is 10.6 Å². The van der Waals surface area contributed by atoms with E-state index < -0.39 is 40.2 Å². The average Bonchev–Trinajstić information content (AvgIpc) is 3.48. The molecule has 3 rings (SSSR count). The highest BCUT2D eigenvalue weighted by Gasteiger charge is 2.27. The first-order chi connectivity index (χ1) is 13.7. The Labute approximate surface area is 164 Å². The first-order valence-corrected chi connectivity index (χ1v) is 8.76. The number of rotatable bonds is 7. The summed E-state index contributed by atoms with van der Waals surface area (Å²) in [6.45, 7) is 1.24. The molecule has 1 atom stereocenters. The summed E-state index contributed by atoms with van der Waals surface area (Å²) in [6, 6.07) is 6.51. The lowest BCUT2D eigenvalue weighted by molar-refractivity contribution is -0.384. The molecule has 29 heavy (non-hydrogen) atoms. The van der Waals surface area contributed by atoms with Crippen LogP contribution in [-0.4, -0.2) is 28.9 Å². The van der Waals surface area contributed by atoms with Crippen LogP contribution in [0.4, 0.5) is 25.8 Å². The standard InChI is InChI=1S/C19H17F2N3O5/c1-10(18(25)23-16-9-12(20)3-6-14(16)21)29-19(26)11-2-7-15(22-13-4-5-13)17(8-11)24(27)28/h2-3,6-10,13,22H,4-5H2,1H3,(H,23,25)/t10-/m1/s1. The summed E-state index contributed by atoms with van der Waals surface area (Å²) in [5.74, 6) is -3.45. The third kappa shape index (κ3) is 5.03. The van der Waals surface area contributed by atoms with Crippen molar-refractivity contribution in [2.45, 2.75) is 31.9 Å². The van der Waals surface area contributed by atoms with Crippen LogP contribution in [0.25, 0.3) is 0 Å². The molecule has 0 spiro atoms. The van der Waals surface area contributed by atoms with E-state index >= 15 is 0 Å². The number of amides is 1. The quantitative estimate of drug-likeness (QED) is 0.413. The van der Waals surface area contributed by atoms with Gasteiger partial charge in [-0.05, 0) is 44.0 Å². The molecule has 0 saturated heterocycles. The third-order valence-electron chi connectivity index (χ3n) is 4.21. The summed E-state index contributed by atoms with van der Waals surface area (Å²) in [7, 11) is 0. The van der Waals surface area contributed by atoms with E-state index in [1.54, 1.807) is 0 Å². The maximum atomic E-state index is 13.6. The number of esters is 1. The molecular weight excluding hydrogens is 388 g/mol. The fraction of sp³-hybridized carbons (Fsp3) is 0.263. The van der Waals surface area contributed by atoms with E-state index in [4.69, 9.17) is 4.74 Å². The van der Waals surface area contributed by atoms with Gasteiger partial charge in [-0.15, -0.1) is 0 Å². The number of nitrogens with one attached hydrogen (secondary N) is 2. The van der Waals surface area contributed by atoms with Gasteiger partial charge in [0.05, 0.1) is 16.2 Å². The molecule has 2 N–H and O–H groups in total. The van der Waals surface area contributed by atoms with Crippen LogP contribution in [0.15, 0.2) is 36.4 Å². The second kappa shape index (κ2) is 8.21. The Morgan fingerprint density at radius 3 is 2.55 bits per heavy atom. The van der Waals surface area contributed by atoms with Gasteiger partial charge < -0.3 is 15.4 Å². The van der Waals surface area contributed by atoms with Crippen molar-refractivity contribution in [3.05, 3.63) is 63.7 Å². The van der Waals surface area contributed by atoms with Crippen molar-refractivity contribution in [1.82, 2.24) is 0 Å². The van der Waals surface area contributed by atoms with E-state index in [0.717, 1.165) is 37.1 Å². The lowest BCUT2D eigenvalue weighted by Crippen LogP contribution is -2.30. The minimum atomic E-state index is -1.35.